The van der Waals surface area contributed by atoms with Gasteiger partial charge in [-0.15, -0.1) is 0 Å². The third kappa shape index (κ3) is 10.9. The van der Waals surface area contributed by atoms with E-state index in [1.807, 2.05) is 12.1 Å². The molecule has 0 aromatic heterocycles. The number of hydrogen-bond donors (Lipinski definition) is 4. The number of aliphatic hydroxyl groups excluding tert-OH is 2. The summed E-state index contributed by atoms with van der Waals surface area (Å²) in [4.78, 5) is 85.5. The van der Waals surface area contributed by atoms with Crippen molar-refractivity contribution < 1.29 is 67.8 Å². The van der Waals surface area contributed by atoms with Crippen LogP contribution in [0.1, 0.15) is 146 Å². The van der Waals surface area contributed by atoms with Crippen molar-refractivity contribution in [2.45, 2.75) is 181 Å². The molecule has 3 fully saturated rings. The molecule has 4 aliphatic rings. The van der Waals surface area contributed by atoms with Gasteiger partial charge in [0.05, 0.1) is 29.6 Å². The van der Waals surface area contributed by atoms with Crippen molar-refractivity contribution in [3.05, 3.63) is 113 Å². The number of carbonyl (C=O) groups is 6. The van der Waals surface area contributed by atoms with Crippen molar-refractivity contribution >= 4 is 57.5 Å². The van der Waals surface area contributed by atoms with Crippen molar-refractivity contribution in [3.8, 4) is 0 Å². The number of amides is 1. The fourth-order valence-corrected chi connectivity index (χ4v) is 28.8. The molecule has 0 radical (unpaired) electrons. The third-order valence-corrected chi connectivity index (χ3v) is 32.9. The molecule has 1 heterocycles. The summed E-state index contributed by atoms with van der Waals surface area (Å²) in [6, 6.07) is 23.0. The Bertz CT molecular complexity index is 2580. The van der Waals surface area contributed by atoms with E-state index in [0.29, 0.717) is 11.1 Å². The number of Topliss-reactive ketones (excluding diaryl/α,β-unsaturated/α-hetero) is 1. The molecule has 2 saturated carbocycles. The number of rotatable bonds is 20. The van der Waals surface area contributed by atoms with Crippen LogP contribution >= 0.6 is 0 Å². The van der Waals surface area contributed by atoms with Crippen LogP contribution in [0, 0.1) is 16.7 Å². The second-order valence-corrected chi connectivity index (χ2v) is 35.4. The topological polar surface area (TPSA) is 221 Å². The van der Waals surface area contributed by atoms with Gasteiger partial charge >= 0.3 is 245 Å². The van der Waals surface area contributed by atoms with Gasteiger partial charge in [-0.25, -0.2) is 4.79 Å². The molecular formula is C59H77NO14Sn. The van der Waals surface area contributed by atoms with Gasteiger partial charge < -0.3 is 29.2 Å². The fourth-order valence-electron chi connectivity index (χ4n) is 12.9. The zero-order valence-corrected chi connectivity index (χ0v) is 47.9. The Morgan fingerprint density at radius 1 is 0.787 bits per heavy atom. The molecule has 1 aliphatic heterocycles. The Kier molecular flexibility index (Phi) is 18.0. The van der Waals surface area contributed by atoms with E-state index in [-0.39, 0.29) is 29.7 Å². The molecule has 3 aromatic carbocycles. The van der Waals surface area contributed by atoms with E-state index >= 15 is 4.79 Å². The van der Waals surface area contributed by atoms with E-state index in [2.05, 4.69) is 38.2 Å². The van der Waals surface area contributed by atoms with E-state index in [1.165, 1.54) is 62.1 Å². The maximum absolute atomic E-state index is 15.7. The first-order valence-electron chi connectivity index (χ1n) is 26.8. The molecule has 11 atom stereocenters. The van der Waals surface area contributed by atoms with Crippen LogP contribution in [0.15, 0.2) is 96.1 Å². The Labute approximate surface area is 445 Å². The van der Waals surface area contributed by atoms with Gasteiger partial charge in [0.2, 0.25) is 0 Å². The van der Waals surface area contributed by atoms with E-state index < -0.39 is 131 Å². The summed E-state index contributed by atoms with van der Waals surface area (Å²) in [6.45, 7) is 14.8. The van der Waals surface area contributed by atoms with Crippen molar-refractivity contribution in [1.29, 1.82) is 0 Å². The van der Waals surface area contributed by atoms with Gasteiger partial charge in [0.15, 0.2) is 17.5 Å². The number of ether oxygens (including phenoxy) is 5. The SMILES string of the molecule is CCC[CH2][Sn]([CH2]CCC)([CH2]CCC)[c]1ccc(C(=O)N[C@@H](c2ccccc2)[C@@H](O)C(=O)O[C@H]2C[C@@]3(O)[C@@H](OC(=O)c4ccccc4)[C@@H]4[C@]5(OC(C)=O)CO[C@@H]5C[C@H](O)[C@@]4(C)C(=O)[C@H](OC(C)=O)C(=C2C)C3(C)C)cc1. The predicted octanol–water partition coefficient (Wildman–Crippen LogP) is 7.79. The van der Waals surface area contributed by atoms with Crippen LogP contribution in [0.4, 0.5) is 0 Å². The molecule has 0 spiro atoms. The number of hydrogen-bond acceptors (Lipinski definition) is 14. The van der Waals surface area contributed by atoms with Crippen LogP contribution in [-0.2, 0) is 42.9 Å². The molecular weight excluding hydrogens is 1070 g/mol. The number of esters is 4. The van der Waals surface area contributed by atoms with Crippen LogP contribution in [-0.4, -0.2) is 124 Å². The molecule has 3 aliphatic carbocycles. The van der Waals surface area contributed by atoms with Crippen molar-refractivity contribution in [2.75, 3.05) is 6.61 Å². The van der Waals surface area contributed by atoms with Gasteiger partial charge in [-0.2, -0.15) is 0 Å². The Morgan fingerprint density at radius 3 is 1.88 bits per heavy atom. The molecule has 75 heavy (non-hydrogen) atoms. The number of benzene rings is 3. The predicted molar refractivity (Wildman–Crippen MR) is 282 cm³/mol. The molecule has 3 aromatic rings. The van der Waals surface area contributed by atoms with E-state index in [0.717, 1.165) is 26.2 Å². The summed E-state index contributed by atoms with van der Waals surface area (Å²) >= 11 is -2.86. The number of aliphatic hydroxyl groups is 3. The number of fused-ring (bicyclic) bond motifs is 5. The first-order valence-corrected chi connectivity index (χ1v) is 34.3. The maximum atomic E-state index is 15.7. The van der Waals surface area contributed by atoms with Crippen LogP contribution in [0.5, 0.6) is 0 Å². The van der Waals surface area contributed by atoms with E-state index in [9.17, 15) is 39.3 Å². The van der Waals surface area contributed by atoms with Crippen LogP contribution in [0.25, 0.3) is 0 Å². The first kappa shape index (κ1) is 57.8. The summed E-state index contributed by atoms with van der Waals surface area (Å²) in [5, 5.41) is 41.2. The van der Waals surface area contributed by atoms with Gasteiger partial charge in [-0.05, 0) is 31.6 Å². The van der Waals surface area contributed by atoms with Crippen molar-refractivity contribution in [2.24, 2.45) is 16.7 Å². The molecule has 1 saturated heterocycles. The van der Waals surface area contributed by atoms with Crippen LogP contribution < -0.4 is 8.90 Å². The Hall–Kier alpha value is -4.94. The summed E-state index contributed by atoms with van der Waals surface area (Å²) < 4.78 is 35.9. The summed E-state index contributed by atoms with van der Waals surface area (Å²) in [5.41, 5.74) is -6.90. The van der Waals surface area contributed by atoms with Crippen molar-refractivity contribution in [1.82, 2.24) is 5.32 Å². The van der Waals surface area contributed by atoms with Gasteiger partial charge in [0.25, 0.3) is 0 Å². The van der Waals surface area contributed by atoms with Crippen molar-refractivity contribution in [3.63, 3.8) is 0 Å². The number of unbranched alkanes of at least 4 members (excludes halogenated alkanes) is 3. The summed E-state index contributed by atoms with van der Waals surface area (Å²) in [6.07, 6.45) is -3.64. The Morgan fingerprint density at radius 2 is 1.36 bits per heavy atom. The minimum absolute atomic E-state index is 0.00832. The Balaban J connectivity index is 1.30. The molecule has 15 nitrogen and oxygen atoms in total. The molecule has 406 valence electrons. The molecule has 4 N–H and O–H groups in total. The average molecular weight is 1140 g/mol. The van der Waals surface area contributed by atoms with Gasteiger partial charge in [0, 0.05) is 25.7 Å². The van der Waals surface area contributed by atoms with Crippen LogP contribution in [0.3, 0.4) is 0 Å². The molecule has 0 unspecified atom stereocenters. The molecule has 7 rings (SSSR count). The normalized spacial score (nSPS) is 28.7. The second kappa shape index (κ2) is 23.3. The standard InChI is InChI=1S/C47H50NO14.3C4H9.Sn/c1-25-31(60-43(56)36(52)35(28-16-10-7-11-17-28)48-41(54)29-18-12-8-13-19-29)23-47(57)40(61-42(55)30-20-14-9-15-21-30)38-45(6,32(51)22-33-46(38,24-58-33)62-27(3)50)39(53)37(59-26(2)49)34(25)44(47,4)5;3*1-3-4-2;/h7,9-21,31-33,35-38,40,51-52,57H,22-24H2,1-6H3,(H,48,54);3*1,3-4H2,2H3;/t31-,32-,33+,35-,36+,37+,38-,40-,45+,46-,47+;;;;/m0..../s1. The summed E-state index contributed by atoms with van der Waals surface area (Å²) in [5.74, 6) is -6.73. The monoisotopic (exact) mass is 1140 g/mol. The van der Waals surface area contributed by atoms with Gasteiger partial charge in [-0.1, -0.05) is 32.0 Å². The van der Waals surface area contributed by atoms with Gasteiger partial charge in [0.1, 0.15) is 17.8 Å². The molecule has 1 amide bonds. The molecule has 16 heteroatoms. The fraction of sp³-hybridized carbons (Fsp3) is 0.559. The van der Waals surface area contributed by atoms with E-state index in [1.54, 1.807) is 69.3 Å². The zero-order chi connectivity index (χ0) is 54.7. The average Bonchev–Trinajstić information content (AvgIpc) is 3.39. The van der Waals surface area contributed by atoms with E-state index in [4.69, 9.17) is 23.7 Å². The summed E-state index contributed by atoms with van der Waals surface area (Å²) in [7, 11) is 0. The minimum atomic E-state index is -2.86. The van der Waals surface area contributed by atoms with Gasteiger partial charge in [-0.3, -0.25) is 14.4 Å². The number of ketones is 1. The van der Waals surface area contributed by atoms with Crippen LogP contribution in [0.2, 0.25) is 13.3 Å². The number of carbonyl (C=O) groups excluding carboxylic acids is 6. The quantitative estimate of drug-likeness (QED) is 0.0367. The molecule has 2 bridgehead atoms. The zero-order valence-electron chi connectivity index (χ0n) is 45.0. The number of nitrogens with one attached hydrogen (secondary N) is 1. The first-order chi connectivity index (χ1) is 35.6. The third-order valence-electron chi connectivity index (χ3n) is 17.2. The second-order valence-electron chi connectivity index (χ2n) is 22.2.